The molecule has 32 heavy (non-hydrogen) atoms. The number of nitrogens with zero attached hydrogens (tertiary/aromatic N) is 2. The minimum atomic E-state index is -0.320. The van der Waals surface area contributed by atoms with Crippen LogP contribution in [0, 0.1) is 0 Å². The number of amides is 2. The second kappa shape index (κ2) is 9.75. The Balaban J connectivity index is 1.45. The summed E-state index contributed by atoms with van der Waals surface area (Å²) in [4.78, 5) is 25.0. The van der Waals surface area contributed by atoms with E-state index in [2.05, 4.69) is 15.7 Å². The zero-order chi connectivity index (χ0) is 22.3. The molecule has 1 heterocycles. The second-order valence-corrected chi connectivity index (χ2v) is 7.29. The predicted molar refractivity (Wildman–Crippen MR) is 126 cm³/mol. The summed E-state index contributed by atoms with van der Waals surface area (Å²) in [5.74, 6) is -0.590. The maximum Gasteiger partial charge on any atom is 0.251 e. The van der Waals surface area contributed by atoms with Crippen LogP contribution in [0.5, 0.6) is 0 Å². The molecule has 0 aliphatic heterocycles. The van der Waals surface area contributed by atoms with E-state index in [1.807, 2.05) is 73.7 Å². The largest absolute Gasteiger partial charge is 0.343 e. The van der Waals surface area contributed by atoms with E-state index in [4.69, 9.17) is 0 Å². The molecule has 2 amide bonds. The third-order valence-corrected chi connectivity index (χ3v) is 5.15. The van der Waals surface area contributed by atoms with Gasteiger partial charge in [-0.3, -0.25) is 9.59 Å². The lowest BCUT2D eigenvalue weighted by Crippen LogP contribution is -2.33. The van der Waals surface area contributed by atoms with E-state index < -0.39 is 0 Å². The monoisotopic (exact) mass is 424 g/mol. The first-order valence-electron chi connectivity index (χ1n) is 10.5. The number of hydrogen-bond acceptors (Lipinski definition) is 3. The molecule has 2 N–H and O–H groups in total. The Bertz CT molecular complexity index is 1230. The second-order valence-electron chi connectivity index (χ2n) is 7.29. The number of rotatable bonds is 7. The lowest BCUT2D eigenvalue weighted by atomic mass is 10.1. The molecule has 0 aliphatic rings. The van der Waals surface area contributed by atoms with E-state index in [1.165, 1.54) is 0 Å². The molecule has 0 unspecified atom stereocenters. The van der Waals surface area contributed by atoms with Gasteiger partial charge in [-0.05, 0) is 42.3 Å². The van der Waals surface area contributed by atoms with Gasteiger partial charge in [0.05, 0.1) is 24.1 Å². The average molecular weight is 425 g/mol. The number of hydrogen-bond donors (Lipinski definition) is 2. The molecule has 3 aromatic carbocycles. The van der Waals surface area contributed by atoms with Gasteiger partial charge >= 0.3 is 0 Å². The van der Waals surface area contributed by atoms with Crippen LogP contribution >= 0.6 is 0 Å². The van der Waals surface area contributed by atoms with Crippen molar-refractivity contribution in [3.63, 3.8) is 0 Å². The van der Waals surface area contributed by atoms with Gasteiger partial charge in [0.25, 0.3) is 5.91 Å². The quantitative estimate of drug-likeness (QED) is 0.460. The topological polar surface area (TPSA) is 76.0 Å². The van der Waals surface area contributed by atoms with Crippen molar-refractivity contribution in [1.29, 1.82) is 0 Å². The Morgan fingerprint density at radius 3 is 2.50 bits per heavy atom. The van der Waals surface area contributed by atoms with Crippen LogP contribution in [-0.4, -0.2) is 28.1 Å². The zero-order valence-electron chi connectivity index (χ0n) is 17.8. The van der Waals surface area contributed by atoms with Crippen molar-refractivity contribution in [2.75, 3.05) is 11.9 Å². The van der Waals surface area contributed by atoms with Crippen molar-refractivity contribution in [3.05, 3.63) is 102 Å². The third kappa shape index (κ3) is 4.75. The molecule has 6 heteroatoms. The van der Waals surface area contributed by atoms with Crippen molar-refractivity contribution in [2.24, 2.45) is 0 Å². The van der Waals surface area contributed by atoms with Gasteiger partial charge in [-0.15, -0.1) is 0 Å². The standard InChI is InChI=1S/C26H24N4O2/c1-2-19-9-6-7-14-23(19)29-25(31)18-27-26(32)21-12-8-13-22(17-21)30-24(15-16-28-30)20-10-4-3-5-11-20/h3-17H,2,18H2,1H3,(H,27,32)(H,29,31). The van der Waals surface area contributed by atoms with Crippen LogP contribution < -0.4 is 10.6 Å². The summed E-state index contributed by atoms with van der Waals surface area (Å²) in [6.45, 7) is 1.92. The fraction of sp³-hybridized carbons (Fsp3) is 0.115. The lowest BCUT2D eigenvalue weighted by Gasteiger charge is -2.11. The van der Waals surface area contributed by atoms with Crippen LogP contribution in [0.15, 0.2) is 91.1 Å². The maximum atomic E-state index is 12.7. The van der Waals surface area contributed by atoms with Gasteiger partial charge in [0, 0.05) is 16.8 Å². The van der Waals surface area contributed by atoms with Gasteiger partial charge in [-0.25, -0.2) is 4.68 Å². The van der Waals surface area contributed by atoms with Crippen LogP contribution in [0.1, 0.15) is 22.8 Å². The van der Waals surface area contributed by atoms with Crippen LogP contribution in [0.4, 0.5) is 5.69 Å². The minimum absolute atomic E-state index is 0.113. The van der Waals surface area contributed by atoms with Gasteiger partial charge in [-0.1, -0.05) is 61.5 Å². The highest BCUT2D eigenvalue weighted by molar-refractivity contribution is 5.99. The number of aryl methyl sites for hydroxylation is 1. The van der Waals surface area contributed by atoms with E-state index >= 15 is 0 Å². The molecule has 4 rings (SSSR count). The summed E-state index contributed by atoms with van der Waals surface area (Å²) in [5.41, 5.74) is 5.00. The number of carbonyl (C=O) groups is 2. The minimum Gasteiger partial charge on any atom is -0.343 e. The predicted octanol–water partition coefficient (Wildman–Crippen LogP) is 4.47. The normalized spacial score (nSPS) is 10.5. The van der Waals surface area contributed by atoms with E-state index in [0.717, 1.165) is 34.6 Å². The molecule has 1 aromatic heterocycles. The number of para-hydroxylation sites is 1. The Kier molecular flexibility index (Phi) is 6.41. The van der Waals surface area contributed by atoms with Gasteiger partial charge < -0.3 is 10.6 Å². The first-order valence-corrected chi connectivity index (χ1v) is 10.5. The molecule has 0 aliphatic carbocycles. The molecule has 6 nitrogen and oxygen atoms in total. The van der Waals surface area contributed by atoms with Crippen molar-refractivity contribution >= 4 is 17.5 Å². The number of anilines is 1. The van der Waals surface area contributed by atoms with Crippen LogP contribution in [-0.2, 0) is 11.2 Å². The fourth-order valence-electron chi connectivity index (χ4n) is 3.52. The molecule has 0 fully saturated rings. The molecule has 0 spiro atoms. The molecule has 0 radical (unpaired) electrons. The van der Waals surface area contributed by atoms with Crippen LogP contribution in [0.2, 0.25) is 0 Å². The molecule has 0 atom stereocenters. The summed E-state index contributed by atoms with van der Waals surface area (Å²) in [6.07, 6.45) is 2.54. The first kappa shape index (κ1) is 21.1. The Hall–Kier alpha value is -4.19. The Morgan fingerprint density at radius 2 is 1.69 bits per heavy atom. The smallest absolute Gasteiger partial charge is 0.251 e. The molecular formula is C26H24N4O2. The highest BCUT2D eigenvalue weighted by atomic mass is 16.2. The van der Waals surface area contributed by atoms with Crippen molar-refractivity contribution in [3.8, 4) is 16.9 Å². The lowest BCUT2D eigenvalue weighted by molar-refractivity contribution is -0.115. The van der Waals surface area contributed by atoms with Crippen LogP contribution in [0.25, 0.3) is 16.9 Å². The molecule has 0 bridgehead atoms. The van der Waals surface area contributed by atoms with E-state index in [-0.39, 0.29) is 18.4 Å². The maximum absolute atomic E-state index is 12.7. The molecule has 160 valence electrons. The summed E-state index contributed by atoms with van der Waals surface area (Å²) < 4.78 is 1.79. The van der Waals surface area contributed by atoms with Gasteiger partial charge in [0.15, 0.2) is 0 Å². The Morgan fingerprint density at radius 1 is 0.906 bits per heavy atom. The van der Waals surface area contributed by atoms with Gasteiger partial charge in [0.1, 0.15) is 0 Å². The van der Waals surface area contributed by atoms with E-state index in [1.54, 1.807) is 29.1 Å². The summed E-state index contributed by atoms with van der Waals surface area (Å²) in [6, 6.07) is 26.7. The Labute approximate surface area is 186 Å². The van der Waals surface area contributed by atoms with Gasteiger partial charge in [-0.2, -0.15) is 5.10 Å². The number of benzene rings is 3. The first-order chi connectivity index (χ1) is 15.7. The highest BCUT2D eigenvalue weighted by Crippen LogP contribution is 2.22. The van der Waals surface area contributed by atoms with Crippen LogP contribution in [0.3, 0.4) is 0 Å². The average Bonchev–Trinajstić information content (AvgIpc) is 3.34. The number of nitrogens with one attached hydrogen (secondary N) is 2. The molecule has 0 saturated carbocycles. The fourth-order valence-corrected chi connectivity index (χ4v) is 3.52. The van der Waals surface area contributed by atoms with E-state index in [0.29, 0.717) is 5.56 Å². The summed E-state index contributed by atoms with van der Waals surface area (Å²) in [5, 5.41) is 9.98. The molecule has 0 saturated heterocycles. The number of aromatic nitrogens is 2. The summed E-state index contributed by atoms with van der Waals surface area (Å²) in [7, 11) is 0. The molecular weight excluding hydrogens is 400 g/mol. The van der Waals surface area contributed by atoms with Crippen molar-refractivity contribution in [1.82, 2.24) is 15.1 Å². The highest BCUT2D eigenvalue weighted by Gasteiger charge is 2.12. The summed E-state index contributed by atoms with van der Waals surface area (Å²) >= 11 is 0. The van der Waals surface area contributed by atoms with Crippen molar-refractivity contribution < 1.29 is 9.59 Å². The van der Waals surface area contributed by atoms with Crippen molar-refractivity contribution in [2.45, 2.75) is 13.3 Å². The SMILES string of the molecule is CCc1ccccc1NC(=O)CNC(=O)c1cccc(-n2nccc2-c2ccccc2)c1. The van der Waals surface area contributed by atoms with Gasteiger partial charge in [0.2, 0.25) is 5.91 Å². The zero-order valence-corrected chi connectivity index (χ0v) is 17.8. The third-order valence-electron chi connectivity index (χ3n) is 5.15. The van der Waals surface area contributed by atoms with E-state index in [9.17, 15) is 9.59 Å². The number of carbonyl (C=O) groups excluding carboxylic acids is 2. The molecule has 4 aromatic rings.